The fourth-order valence-electron chi connectivity index (χ4n) is 3.31. The van der Waals surface area contributed by atoms with Crippen molar-refractivity contribution in [2.24, 2.45) is 0 Å². The standard InChI is InChI=1S/C22H15Cl3N2O3S/c23-13-6-4-12(5-7-13)19-21(31-16-8-9-17(25)18(11-16)26-30)20(28)22(29)27(19)15-3-1-2-14(24)10-15/h1-11,19,26,28,30H. The average Bonchev–Trinajstić information content (AvgIpc) is 3.00. The highest BCUT2D eigenvalue weighted by Crippen LogP contribution is 2.48. The Balaban J connectivity index is 1.81. The van der Waals surface area contributed by atoms with Crippen molar-refractivity contribution in [3.8, 4) is 0 Å². The third kappa shape index (κ3) is 4.35. The van der Waals surface area contributed by atoms with Crippen LogP contribution in [0.1, 0.15) is 11.6 Å². The molecule has 5 nitrogen and oxygen atoms in total. The Morgan fingerprint density at radius 2 is 1.68 bits per heavy atom. The number of halogens is 3. The van der Waals surface area contributed by atoms with Gasteiger partial charge in [0.1, 0.15) is 0 Å². The smallest absolute Gasteiger partial charge is 0.294 e. The van der Waals surface area contributed by atoms with Gasteiger partial charge in [-0.15, -0.1) is 0 Å². The van der Waals surface area contributed by atoms with Crippen molar-refractivity contribution in [3.05, 3.63) is 98.0 Å². The van der Waals surface area contributed by atoms with Gasteiger partial charge in [0, 0.05) is 20.6 Å². The Kier molecular flexibility index (Phi) is 6.36. The number of carbonyl (C=O) groups is 1. The van der Waals surface area contributed by atoms with Crippen LogP contribution in [0.25, 0.3) is 0 Å². The van der Waals surface area contributed by atoms with E-state index in [2.05, 4.69) is 0 Å². The molecule has 0 aromatic heterocycles. The van der Waals surface area contributed by atoms with E-state index >= 15 is 0 Å². The predicted molar refractivity (Wildman–Crippen MR) is 126 cm³/mol. The Labute approximate surface area is 197 Å². The molecule has 3 N–H and O–H groups in total. The summed E-state index contributed by atoms with van der Waals surface area (Å²) in [6.45, 7) is 0. The summed E-state index contributed by atoms with van der Waals surface area (Å²) in [7, 11) is 0. The molecule has 3 aromatic carbocycles. The Morgan fingerprint density at radius 3 is 2.35 bits per heavy atom. The van der Waals surface area contributed by atoms with Crippen LogP contribution >= 0.6 is 46.6 Å². The first-order valence-electron chi connectivity index (χ1n) is 9.04. The number of hydrogen-bond donors (Lipinski definition) is 3. The molecule has 1 unspecified atom stereocenters. The van der Waals surface area contributed by atoms with E-state index in [1.54, 1.807) is 66.7 Å². The first-order chi connectivity index (χ1) is 14.9. The highest BCUT2D eigenvalue weighted by Gasteiger charge is 2.42. The molecule has 158 valence electrons. The molecule has 0 saturated carbocycles. The van der Waals surface area contributed by atoms with E-state index in [0.717, 1.165) is 5.56 Å². The number of aliphatic hydroxyl groups excluding tert-OH is 1. The van der Waals surface area contributed by atoms with Gasteiger partial charge < -0.3 is 5.11 Å². The maximum absolute atomic E-state index is 13.1. The number of amides is 1. The minimum absolute atomic E-state index is 0.311. The van der Waals surface area contributed by atoms with E-state index in [9.17, 15) is 15.1 Å². The van der Waals surface area contributed by atoms with Crippen LogP contribution in [0.15, 0.2) is 82.3 Å². The minimum Gasteiger partial charge on any atom is -0.502 e. The number of rotatable bonds is 5. The molecule has 0 aliphatic carbocycles. The van der Waals surface area contributed by atoms with Crippen molar-refractivity contribution in [2.75, 3.05) is 10.4 Å². The number of benzene rings is 3. The van der Waals surface area contributed by atoms with Crippen molar-refractivity contribution in [3.63, 3.8) is 0 Å². The highest BCUT2D eigenvalue weighted by atomic mass is 35.5. The largest absolute Gasteiger partial charge is 0.502 e. The minimum atomic E-state index is -0.602. The third-order valence-corrected chi connectivity index (χ3v) is 6.66. The lowest BCUT2D eigenvalue weighted by Crippen LogP contribution is -2.30. The maximum Gasteiger partial charge on any atom is 0.294 e. The lowest BCUT2D eigenvalue weighted by Gasteiger charge is -2.27. The van der Waals surface area contributed by atoms with Crippen LogP contribution < -0.4 is 10.4 Å². The first kappa shape index (κ1) is 21.9. The monoisotopic (exact) mass is 492 g/mol. The molecule has 9 heteroatoms. The predicted octanol–water partition coefficient (Wildman–Crippen LogP) is 7.10. The SMILES string of the molecule is O=C1C(O)=C(Sc2ccc(Cl)c(NO)c2)C(c2ccc(Cl)cc2)N1c1cccc(Cl)c1. The van der Waals surface area contributed by atoms with E-state index in [0.29, 0.717) is 36.2 Å². The van der Waals surface area contributed by atoms with Crippen LogP contribution in [-0.2, 0) is 4.79 Å². The van der Waals surface area contributed by atoms with Gasteiger partial charge in [-0.25, -0.2) is 0 Å². The summed E-state index contributed by atoms with van der Waals surface area (Å²) in [5.74, 6) is -0.905. The molecule has 4 rings (SSSR count). The van der Waals surface area contributed by atoms with E-state index in [-0.39, 0.29) is 5.76 Å². The maximum atomic E-state index is 13.1. The summed E-state index contributed by atoms with van der Waals surface area (Å²) < 4.78 is 0. The van der Waals surface area contributed by atoms with Crippen LogP contribution in [-0.4, -0.2) is 16.2 Å². The van der Waals surface area contributed by atoms with E-state index in [1.165, 1.54) is 16.7 Å². The van der Waals surface area contributed by atoms with Crippen LogP contribution in [0.2, 0.25) is 15.1 Å². The molecule has 31 heavy (non-hydrogen) atoms. The fraction of sp³-hybridized carbons (Fsp3) is 0.0455. The van der Waals surface area contributed by atoms with Crippen molar-refractivity contribution >= 4 is 63.8 Å². The van der Waals surface area contributed by atoms with E-state index in [1.807, 2.05) is 5.48 Å². The molecule has 0 spiro atoms. The number of anilines is 2. The number of thioether (sulfide) groups is 1. The summed E-state index contributed by atoms with van der Waals surface area (Å²) in [6.07, 6.45) is 0. The quantitative estimate of drug-likeness (QED) is 0.331. The number of hydrogen-bond acceptors (Lipinski definition) is 5. The van der Waals surface area contributed by atoms with Crippen LogP contribution in [0, 0.1) is 0 Å². The second-order valence-electron chi connectivity index (χ2n) is 6.68. The third-order valence-electron chi connectivity index (χ3n) is 4.72. The number of nitrogens with one attached hydrogen (secondary N) is 1. The molecular formula is C22H15Cl3N2O3S. The Bertz CT molecular complexity index is 1180. The highest BCUT2D eigenvalue weighted by molar-refractivity contribution is 8.03. The summed E-state index contributed by atoms with van der Waals surface area (Å²) in [4.78, 5) is 15.7. The van der Waals surface area contributed by atoms with Gasteiger partial charge >= 0.3 is 0 Å². The van der Waals surface area contributed by atoms with Gasteiger partial charge in [-0.2, -0.15) is 0 Å². The Morgan fingerprint density at radius 1 is 0.935 bits per heavy atom. The molecule has 0 saturated heterocycles. The van der Waals surface area contributed by atoms with Crippen LogP contribution in [0.5, 0.6) is 0 Å². The van der Waals surface area contributed by atoms with Crippen molar-refractivity contribution in [1.82, 2.24) is 0 Å². The molecular weight excluding hydrogens is 479 g/mol. The number of nitrogens with zero attached hydrogens (tertiary/aromatic N) is 1. The molecule has 0 radical (unpaired) electrons. The first-order valence-corrected chi connectivity index (χ1v) is 11.0. The van der Waals surface area contributed by atoms with Crippen molar-refractivity contribution < 1.29 is 15.1 Å². The van der Waals surface area contributed by atoms with Gasteiger partial charge in [-0.05, 0) is 54.1 Å². The zero-order valence-corrected chi connectivity index (χ0v) is 18.8. The fourth-order valence-corrected chi connectivity index (χ4v) is 4.88. The zero-order valence-electron chi connectivity index (χ0n) is 15.7. The summed E-state index contributed by atoms with van der Waals surface area (Å²) in [5.41, 5.74) is 3.66. The van der Waals surface area contributed by atoms with Gasteiger partial charge in [-0.1, -0.05) is 64.8 Å². The van der Waals surface area contributed by atoms with Gasteiger partial charge in [0.2, 0.25) is 0 Å². The van der Waals surface area contributed by atoms with Gasteiger partial charge in [0.05, 0.1) is 21.7 Å². The molecule has 1 atom stereocenters. The van der Waals surface area contributed by atoms with Gasteiger partial charge in [0.25, 0.3) is 5.91 Å². The topological polar surface area (TPSA) is 72.8 Å². The second-order valence-corrected chi connectivity index (χ2v) is 9.07. The Hall–Kier alpha value is -2.35. The molecule has 1 aliphatic rings. The summed E-state index contributed by atoms with van der Waals surface area (Å²) >= 11 is 19.5. The second kappa shape index (κ2) is 9.02. The van der Waals surface area contributed by atoms with Crippen LogP contribution in [0.4, 0.5) is 11.4 Å². The zero-order chi connectivity index (χ0) is 22.1. The summed E-state index contributed by atoms with van der Waals surface area (Å²) in [5, 5.41) is 21.4. The van der Waals surface area contributed by atoms with Crippen molar-refractivity contribution in [1.29, 1.82) is 0 Å². The van der Waals surface area contributed by atoms with E-state index in [4.69, 9.17) is 34.8 Å². The van der Waals surface area contributed by atoms with Crippen LogP contribution in [0.3, 0.4) is 0 Å². The normalized spacial score (nSPS) is 16.2. The molecule has 1 aliphatic heterocycles. The molecule has 0 fully saturated rings. The lowest BCUT2D eigenvalue weighted by atomic mass is 10.1. The summed E-state index contributed by atoms with van der Waals surface area (Å²) in [6, 6.07) is 18.3. The van der Waals surface area contributed by atoms with E-state index < -0.39 is 11.9 Å². The van der Waals surface area contributed by atoms with Crippen molar-refractivity contribution in [2.45, 2.75) is 10.9 Å². The number of aliphatic hydroxyl groups is 1. The van der Waals surface area contributed by atoms with Gasteiger partial charge in [-0.3, -0.25) is 20.4 Å². The molecule has 0 bridgehead atoms. The molecule has 1 amide bonds. The molecule has 1 heterocycles. The molecule has 3 aromatic rings. The average molecular weight is 494 g/mol. The lowest BCUT2D eigenvalue weighted by molar-refractivity contribution is -0.117. The van der Waals surface area contributed by atoms with Gasteiger partial charge in [0.15, 0.2) is 5.76 Å². The number of carbonyl (C=O) groups excluding carboxylic acids is 1.